The largest absolute Gasteiger partial charge is 0.507 e. The highest BCUT2D eigenvalue weighted by Crippen LogP contribution is 2.41. The number of aryl methyl sites for hydroxylation is 1. The van der Waals surface area contributed by atoms with Gasteiger partial charge in [-0.25, -0.2) is 4.39 Å². The number of amides is 1. The van der Waals surface area contributed by atoms with Gasteiger partial charge in [-0.05, 0) is 42.5 Å². The molecule has 0 radical (unpaired) electrons. The predicted octanol–water partition coefficient (Wildman–Crippen LogP) is 4.86. The summed E-state index contributed by atoms with van der Waals surface area (Å²) in [6.45, 7) is 2.22. The topological polar surface area (TPSA) is 57.6 Å². The van der Waals surface area contributed by atoms with Crippen LogP contribution in [0.1, 0.15) is 27.6 Å². The van der Waals surface area contributed by atoms with Crippen molar-refractivity contribution in [3.8, 4) is 0 Å². The molecular formula is C24H20FNO3S. The number of carbonyl (C=O) groups excluding carboxylic acids is 2. The molecule has 0 aliphatic carbocycles. The van der Waals surface area contributed by atoms with Crippen molar-refractivity contribution in [2.75, 3.05) is 6.54 Å². The first-order valence-corrected chi connectivity index (χ1v) is 10.5. The molecule has 0 saturated carbocycles. The van der Waals surface area contributed by atoms with Crippen LogP contribution < -0.4 is 0 Å². The summed E-state index contributed by atoms with van der Waals surface area (Å²) in [5.41, 5.74) is 2.49. The molecule has 1 atom stereocenters. The van der Waals surface area contributed by atoms with Crippen molar-refractivity contribution in [2.24, 2.45) is 0 Å². The van der Waals surface area contributed by atoms with Crippen LogP contribution >= 0.6 is 11.3 Å². The van der Waals surface area contributed by atoms with Crippen molar-refractivity contribution < 1.29 is 19.1 Å². The number of aliphatic hydroxyl groups is 1. The van der Waals surface area contributed by atoms with E-state index >= 15 is 0 Å². The smallest absolute Gasteiger partial charge is 0.295 e. The summed E-state index contributed by atoms with van der Waals surface area (Å²) >= 11 is 1.43. The van der Waals surface area contributed by atoms with Gasteiger partial charge in [-0.2, -0.15) is 0 Å². The minimum atomic E-state index is -0.689. The number of hydrogen-bond donors (Lipinski definition) is 1. The second kappa shape index (κ2) is 8.24. The molecule has 1 aliphatic heterocycles. The number of rotatable bonds is 5. The van der Waals surface area contributed by atoms with Crippen LogP contribution in [0, 0.1) is 12.7 Å². The molecular weight excluding hydrogens is 401 g/mol. The first-order chi connectivity index (χ1) is 14.5. The lowest BCUT2D eigenvalue weighted by Gasteiger charge is -2.24. The Bertz CT molecular complexity index is 1100. The van der Waals surface area contributed by atoms with E-state index < -0.39 is 17.7 Å². The van der Waals surface area contributed by atoms with E-state index in [0.717, 1.165) is 16.0 Å². The highest BCUT2D eigenvalue weighted by molar-refractivity contribution is 7.10. The highest BCUT2D eigenvalue weighted by Gasteiger charge is 2.46. The standard InChI is InChI=1S/C24H20FNO3S/c1-15-4-8-17(9-5-15)22(27)20-21(19-3-2-14-30-19)26(24(29)23(20)28)13-12-16-6-10-18(25)11-7-16/h2-11,14,21,27H,12-13H2,1H3/b22-20-. The number of nitrogens with zero attached hydrogens (tertiary/aromatic N) is 1. The lowest BCUT2D eigenvalue weighted by molar-refractivity contribution is -0.139. The number of carbonyl (C=O) groups is 2. The third-order valence-electron chi connectivity index (χ3n) is 5.23. The Morgan fingerprint density at radius 1 is 1.07 bits per heavy atom. The number of halogens is 1. The van der Waals surface area contributed by atoms with Crippen LogP contribution in [0.25, 0.3) is 5.76 Å². The van der Waals surface area contributed by atoms with Crippen LogP contribution in [-0.4, -0.2) is 28.2 Å². The number of benzene rings is 2. The summed E-state index contributed by atoms with van der Waals surface area (Å²) in [6, 6.07) is 16.3. The summed E-state index contributed by atoms with van der Waals surface area (Å²) in [6.07, 6.45) is 0.472. The molecule has 1 amide bonds. The summed E-state index contributed by atoms with van der Waals surface area (Å²) < 4.78 is 13.2. The van der Waals surface area contributed by atoms with Crippen LogP contribution in [-0.2, 0) is 16.0 Å². The lowest BCUT2D eigenvalue weighted by atomic mass is 9.99. The van der Waals surface area contributed by atoms with E-state index in [-0.39, 0.29) is 23.7 Å². The monoisotopic (exact) mass is 421 g/mol. The van der Waals surface area contributed by atoms with Crippen molar-refractivity contribution in [3.05, 3.63) is 99.0 Å². The summed E-state index contributed by atoms with van der Waals surface area (Å²) in [5.74, 6) is -1.82. The zero-order chi connectivity index (χ0) is 21.3. The van der Waals surface area contributed by atoms with E-state index in [4.69, 9.17) is 0 Å². The fraction of sp³-hybridized carbons (Fsp3) is 0.167. The number of thiophene rings is 1. The second-order valence-electron chi connectivity index (χ2n) is 7.25. The zero-order valence-electron chi connectivity index (χ0n) is 16.3. The molecule has 4 nitrogen and oxygen atoms in total. The van der Waals surface area contributed by atoms with Crippen LogP contribution in [0.15, 0.2) is 71.6 Å². The van der Waals surface area contributed by atoms with Gasteiger partial charge in [-0.15, -0.1) is 11.3 Å². The van der Waals surface area contributed by atoms with Gasteiger partial charge in [0.15, 0.2) is 0 Å². The van der Waals surface area contributed by atoms with Crippen LogP contribution in [0.4, 0.5) is 4.39 Å². The fourth-order valence-corrected chi connectivity index (χ4v) is 4.47. The first kappa shape index (κ1) is 20.0. The van der Waals surface area contributed by atoms with Crippen molar-refractivity contribution in [3.63, 3.8) is 0 Å². The SMILES string of the molecule is Cc1ccc(/C(O)=C2/C(=O)C(=O)N(CCc3ccc(F)cc3)C2c2cccs2)cc1. The molecule has 1 unspecified atom stereocenters. The molecule has 1 saturated heterocycles. The average Bonchev–Trinajstić information content (AvgIpc) is 3.35. The first-order valence-electron chi connectivity index (χ1n) is 9.59. The van der Waals surface area contributed by atoms with E-state index in [1.54, 1.807) is 24.3 Å². The van der Waals surface area contributed by atoms with Gasteiger partial charge in [0.25, 0.3) is 11.7 Å². The van der Waals surface area contributed by atoms with Gasteiger partial charge in [0.05, 0.1) is 11.6 Å². The van der Waals surface area contributed by atoms with E-state index in [1.807, 2.05) is 36.6 Å². The number of hydrogen-bond acceptors (Lipinski definition) is 4. The minimum absolute atomic E-state index is 0.102. The number of Topliss-reactive ketones (excluding diaryl/α,β-unsaturated/α-hetero) is 1. The lowest BCUT2D eigenvalue weighted by Crippen LogP contribution is -2.31. The highest BCUT2D eigenvalue weighted by atomic mass is 32.1. The molecule has 1 aliphatic rings. The minimum Gasteiger partial charge on any atom is -0.507 e. The van der Waals surface area contributed by atoms with Crippen molar-refractivity contribution in [2.45, 2.75) is 19.4 Å². The summed E-state index contributed by atoms with van der Waals surface area (Å²) in [5, 5.41) is 12.8. The average molecular weight is 421 g/mol. The van der Waals surface area contributed by atoms with Gasteiger partial charge in [0.2, 0.25) is 0 Å². The van der Waals surface area contributed by atoms with Gasteiger partial charge >= 0.3 is 0 Å². The van der Waals surface area contributed by atoms with E-state index in [2.05, 4.69) is 0 Å². The van der Waals surface area contributed by atoms with Gasteiger partial charge in [-0.3, -0.25) is 9.59 Å². The normalized spacial score (nSPS) is 18.2. The van der Waals surface area contributed by atoms with Crippen LogP contribution in [0.3, 0.4) is 0 Å². The molecule has 1 fully saturated rings. The van der Waals surface area contributed by atoms with Gasteiger partial charge < -0.3 is 10.0 Å². The van der Waals surface area contributed by atoms with Crippen molar-refractivity contribution in [1.82, 2.24) is 4.90 Å². The number of likely N-dealkylation sites (tertiary alicyclic amines) is 1. The second-order valence-corrected chi connectivity index (χ2v) is 8.23. The number of ketones is 1. The Kier molecular flexibility index (Phi) is 5.50. The third-order valence-corrected chi connectivity index (χ3v) is 6.16. The molecule has 0 bridgehead atoms. The molecule has 4 rings (SSSR count). The maximum absolute atomic E-state index is 13.2. The summed E-state index contributed by atoms with van der Waals surface area (Å²) in [7, 11) is 0. The molecule has 152 valence electrons. The Hall–Kier alpha value is -3.25. The molecule has 6 heteroatoms. The molecule has 0 spiro atoms. The van der Waals surface area contributed by atoms with Crippen molar-refractivity contribution >= 4 is 28.8 Å². The summed E-state index contributed by atoms with van der Waals surface area (Å²) in [4.78, 5) is 28.1. The van der Waals surface area contributed by atoms with Crippen LogP contribution in [0.5, 0.6) is 0 Å². The molecule has 2 aromatic carbocycles. The molecule has 1 aromatic heterocycles. The van der Waals surface area contributed by atoms with E-state index in [9.17, 15) is 19.1 Å². The fourth-order valence-electron chi connectivity index (χ4n) is 3.62. The quantitative estimate of drug-likeness (QED) is 0.364. The third kappa shape index (κ3) is 3.78. The van der Waals surface area contributed by atoms with E-state index in [1.165, 1.54) is 28.4 Å². The van der Waals surface area contributed by atoms with Crippen LogP contribution in [0.2, 0.25) is 0 Å². The molecule has 1 N–H and O–H groups in total. The zero-order valence-corrected chi connectivity index (χ0v) is 17.2. The van der Waals surface area contributed by atoms with E-state index in [0.29, 0.717) is 12.0 Å². The number of aliphatic hydroxyl groups excluding tert-OH is 1. The Morgan fingerprint density at radius 3 is 2.40 bits per heavy atom. The molecule has 2 heterocycles. The maximum atomic E-state index is 13.2. The molecule has 3 aromatic rings. The Morgan fingerprint density at radius 2 is 1.77 bits per heavy atom. The van der Waals surface area contributed by atoms with Gasteiger partial charge in [0.1, 0.15) is 11.6 Å². The molecule has 30 heavy (non-hydrogen) atoms. The van der Waals surface area contributed by atoms with Gasteiger partial charge in [-0.1, -0.05) is 48.0 Å². The predicted molar refractivity (Wildman–Crippen MR) is 115 cm³/mol. The maximum Gasteiger partial charge on any atom is 0.295 e. The Balaban J connectivity index is 1.72. The van der Waals surface area contributed by atoms with Gasteiger partial charge in [0, 0.05) is 17.0 Å². The Labute approximate surface area is 177 Å². The van der Waals surface area contributed by atoms with Crippen molar-refractivity contribution in [1.29, 1.82) is 0 Å².